The lowest BCUT2D eigenvalue weighted by Crippen LogP contribution is -2.28. The van der Waals surface area contributed by atoms with Crippen molar-refractivity contribution in [1.82, 2.24) is 14.9 Å². The zero-order valence-electron chi connectivity index (χ0n) is 9.45. The van der Waals surface area contributed by atoms with Gasteiger partial charge in [0.05, 0.1) is 0 Å². The van der Waals surface area contributed by atoms with Crippen LogP contribution in [-0.4, -0.2) is 22.6 Å². The first-order valence-electron chi connectivity index (χ1n) is 5.49. The van der Waals surface area contributed by atoms with Crippen molar-refractivity contribution in [1.29, 1.82) is 0 Å². The summed E-state index contributed by atoms with van der Waals surface area (Å²) < 4.78 is 2.25. The summed E-state index contributed by atoms with van der Waals surface area (Å²) >= 11 is 0. The lowest BCUT2D eigenvalue weighted by Gasteiger charge is -2.14. The lowest BCUT2D eigenvalue weighted by atomic mass is 10.1. The van der Waals surface area contributed by atoms with Crippen LogP contribution in [0.25, 0.3) is 0 Å². The highest BCUT2D eigenvalue weighted by atomic mass is 15.1. The number of likely N-dealkylation sites (N-methyl/N-ethyl adjacent to an activating group) is 1. The zero-order chi connectivity index (χ0) is 10.4. The van der Waals surface area contributed by atoms with Gasteiger partial charge >= 0.3 is 0 Å². The highest BCUT2D eigenvalue weighted by molar-refractivity contribution is 4.95. The molecule has 1 unspecified atom stereocenters. The predicted octanol–water partition coefficient (Wildman–Crippen LogP) is 1.83. The maximum Gasteiger partial charge on any atom is 0.110 e. The van der Waals surface area contributed by atoms with E-state index in [-0.39, 0.29) is 0 Å². The molecule has 0 saturated carbocycles. The van der Waals surface area contributed by atoms with E-state index in [4.69, 9.17) is 0 Å². The van der Waals surface area contributed by atoms with Gasteiger partial charge in [-0.3, -0.25) is 0 Å². The molecular weight excluding hydrogens is 174 g/mol. The Balaban J connectivity index is 2.60. The molecule has 3 nitrogen and oxygen atoms in total. The number of hydrogen-bond acceptors (Lipinski definition) is 2. The van der Waals surface area contributed by atoms with Crippen molar-refractivity contribution in [2.45, 2.75) is 45.7 Å². The zero-order valence-corrected chi connectivity index (χ0v) is 9.45. The van der Waals surface area contributed by atoms with Crippen molar-refractivity contribution in [3.05, 3.63) is 18.2 Å². The Bertz CT molecular complexity index is 251. The Morgan fingerprint density at radius 1 is 1.50 bits per heavy atom. The minimum absolute atomic E-state index is 0.549. The number of rotatable bonds is 6. The molecule has 1 heterocycles. The molecule has 1 aromatic heterocycles. The smallest absolute Gasteiger partial charge is 0.110 e. The maximum absolute atomic E-state index is 4.39. The molecule has 0 amide bonds. The van der Waals surface area contributed by atoms with Crippen molar-refractivity contribution >= 4 is 0 Å². The van der Waals surface area contributed by atoms with Gasteiger partial charge in [0.1, 0.15) is 5.82 Å². The number of aromatic nitrogens is 2. The van der Waals surface area contributed by atoms with Crippen LogP contribution >= 0.6 is 0 Å². The summed E-state index contributed by atoms with van der Waals surface area (Å²) in [5, 5.41) is 3.31. The summed E-state index contributed by atoms with van der Waals surface area (Å²) in [6, 6.07) is 0.549. The molecule has 1 aromatic rings. The number of imidazole rings is 1. The van der Waals surface area contributed by atoms with Crippen molar-refractivity contribution in [2.75, 3.05) is 7.05 Å². The Hall–Kier alpha value is -0.830. The number of aryl methyl sites for hydroxylation is 1. The van der Waals surface area contributed by atoms with Crippen molar-refractivity contribution in [3.63, 3.8) is 0 Å². The van der Waals surface area contributed by atoms with Gasteiger partial charge in [0, 0.05) is 31.4 Å². The van der Waals surface area contributed by atoms with Crippen molar-refractivity contribution in [3.8, 4) is 0 Å². The summed E-state index contributed by atoms with van der Waals surface area (Å²) in [4.78, 5) is 4.39. The fraction of sp³-hybridized carbons (Fsp3) is 0.727. The molecular formula is C11H21N3. The Morgan fingerprint density at radius 3 is 2.86 bits per heavy atom. The van der Waals surface area contributed by atoms with Gasteiger partial charge in [-0.25, -0.2) is 4.98 Å². The van der Waals surface area contributed by atoms with Gasteiger partial charge in [0.25, 0.3) is 0 Å². The Labute approximate surface area is 86.5 Å². The minimum atomic E-state index is 0.549. The van der Waals surface area contributed by atoms with E-state index >= 15 is 0 Å². The third kappa shape index (κ3) is 2.84. The summed E-state index contributed by atoms with van der Waals surface area (Å²) in [5.41, 5.74) is 0. The maximum atomic E-state index is 4.39. The largest absolute Gasteiger partial charge is 0.335 e. The number of nitrogens with one attached hydrogen (secondary N) is 1. The first-order valence-corrected chi connectivity index (χ1v) is 5.49. The molecule has 0 aliphatic carbocycles. The van der Waals surface area contributed by atoms with Crippen LogP contribution in [0.1, 0.15) is 32.5 Å². The molecule has 1 atom stereocenters. The van der Waals surface area contributed by atoms with Crippen LogP contribution < -0.4 is 5.32 Å². The van der Waals surface area contributed by atoms with Crippen LogP contribution in [-0.2, 0) is 13.0 Å². The van der Waals surface area contributed by atoms with Gasteiger partial charge in [-0.2, -0.15) is 0 Å². The van der Waals surface area contributed by atoms with E-state index < -0.39 is 0 Å². The molecule has 0 radical (unpaired) electrons. The summed E-state index contributed by atoms with van der Waals surface area (Å²) in [7, 11) is 2.02. The van der Waals surface area contributed by atoms with E-state index in [1.54, 1.807) is 0 Å². The first-order chi connectivity index (χ1) is 6.81. The van der Waals surface area contributed by atoms with Gasteiger partial charge in [-0.1, -0.05) is 13.8 Å². The van der Waals surface area contributed by atoms with Crippen LogP contribution in [0.3, 0.4) is 0 Å². The standard InChI is InChI=1S/C11H21N3/c1-4-7-14-8-6-13-11(14)9-10(5-2)12-3/h6,8,10,12H,4-5,7,9H2,1-3H3. The molecule has 0 aliphatic heterocycles. The molecule has 3 heteroatoms. The van der Waals surface area contributed by atoms with E-state index in [1.165, 1.54) is 12.2 Å². The molecule has 80 valence electrons. The number of nitrogens with zero attached hydrogens (tertiary/aromatic N) is 2. The number of hydrogen-bond donors (Lipinski definition) is 1. The van der Waals surface area contributed by atoms with E-state index in [1.807, 2.05) is 13.2 Å². The minimum Gasteiger partial charge on any atom is -0.335 e. The van der Waals surface area contributed by atoms with E-state index in [9.17, 15) is 0 Å². The van der Waals surface area contributed by atoms with Gasteiger partial charge in [0.2, 0.25) is 0 Å². The Morgan fingerprint density at radius 2 is 2.29 bits per heavy atom. The molecule has 1 N–H and O–H groups in total. The van der Waals surface area contributed by atoms with Crippen LogP contribution in [0.5, 0.6) is 0 Å². The third-order valence-corrected chi connectivity index (χ3v) is 2.60. The van der Waals surface area contributed by atoms with Crippen LogP contribution in [0.15, 0.2) is 12.4 Å². The van der Waals surface area contributed by atoms with E-state index in [0.29, 0.717) is 6.04 Å². The average molecular weight is 195 g/mol. The molecule has 0 aliphatic rings. The fourth-order valence-electron chi connectivity index (χ4n) is 1.65. The molecule has 0 spiro atoms. The molecule has 0 saturated heterocycles. The molecule has 0 fully saturated rings. The first kappa shape index (κ1) is 11.2. The monoisotopic (exact) mass is 195 g/mol. The van der Waals surface area contributed by atoms with E-state index in [0.717, 1.165) is 19.4 Å². The van der Waals surface area contributed by atoms with Gasteiger partial charge < -0.3 is 9.88 Å². The quantitative estimate of drug-likeness (QED) is 0.750. The van der Waals surface area contributed by atoms with Crippen molar-refractivity contribution in [2.24, 2.45) is 0 Å². The van der Waals surface area contributed by atoms with Gasteiger partial charge in [-0.15, -0.1) is 0 Å². The summed E-state index contributed by atoms with van der Waals surface area (Å²) in [6.45, 7) is 5.48. The second kappa shape index (κ2) is 5.81. The van der Waals surface area contributed by atoms with Gasteiger partial charge in [0.15, 0.2) is 0 Å². The van der Waals surface area contributed by atoms with Crippen LogP contribution in [0, 0.1) is 0 Å². The summed E-state index contributed by atoms with van der Waals surface area (Å²) in [5.74, 6) is 1.20. The second-order valence-corrected chi connectivity index (χ2v) is 3.63. The topological polar surface area (TPSA) is 29.9 Å². The van der Waals surface area contributed by atoms with Crippen LogP contribution in [0.2, 0.25) is 0 Å². The van der Waals surface area contributed by atoms with Gasteiger partial charge in [-0.05, 0) is 19.9 Å². The van der Waals surface area contributed by atoms with Crippen molar-refractivity contribution < 1.29 is 0 Å². The van der Waals surface area contributed by atoms with Crippen LogP contribution in [0.4, 0.5) is 0 Å². The fourth-order valence-corrected chi connectivity index (χ4v) is 1.65. The Kier molecular flexibility index (Phi) is 4.66. The molecule has 14 heavy (non-hydrogen) atoms. The van der Waals surface area contributed by atoms with E-state index in [2.05, 4.69) is 34.9 Å². The normalized spacial score (nSPS) is 13.1. The summed E-state index contributed by atoms with van der Waals surface area (Å²) in [6.07, 6.45) is 7.31. The second-order valence-electron chi connectivity index (χ2n) is 3.63. The predicted molar refractivity (Wildman–Crippen MR) is 59.4 cm³/mol. The highest BCUT2D eigenvalue weighted by Gasteiger charge is 2.08. The average Bonchev–Trinajstić information content (AvgIpc) is 2.62. The third-order valence-electron chi connectivity index (χ3n) is 2.60. The SMILES string of the molecule is CCCn1ccnc1CC(CC)NC. The lowest BCUT2D eigenvalue weighted by molar-refractivity contribution is 0.510. The molecule has 1 rings (SSSR count). The molecule has 0 aromatic carbocycles. The molecule has 0 bridgehead atoms. The highest BCUT2D eigenvalue weighted by Crippen LogP contribution is 2.05.